The Morgan fingerprint density at radius 1 is 1.05 bits per heavy atom. The lowest BCUT2D eigenvalue weighted by molar-refractivity contribution is -0.119. The number of carbonyl (C=O) groups is 1. The van der Waals surface area contributed by atoms with E-state index in [1.165, 1.54) is 24.3 Å². The summed E-state index contributed by atoms with van der Waals surface area (Å²) in [5.41, 5.74) is -0.409. The first-order valence-electron chi connectivity index (χ1n) is 12.2. The second-order valence-corrected chi connectivity index (χ2v) is 14.7. The Hall–Kier alpha value is -2.28. The fraction of sp³-hybridized carbons (Fsp3) is 0.480. The molecule has 0 bridgehead atoms. The van der Waals surface area contributed by atoms with E-state index in [-0.39, 0.29) is 54.8 Å². The van der Waals surface area contributed by atoms with Crippen LogP contribution in [0.2, 0.25) is 5.02 Å². The Labute approximate surface area is 224 Å². The lowest BCUT2D eigenvalue weighted by atomic mass is 9.75. The van der Waals surface area contributed by atoms with E-state index < -0.39 is 65.4 Å². The van der Waals surface area contributed by atoms with Crippen LogP contribution in [0.15, 0.2) is 41.3 Å². The number of carbonyl (C=O) groups excluding carboxylic acids is 1. The smallest absolute Gasteiger partial charge is 0.220 e. The highest BCUT2D eigenvalue weighted by molar-refractivity contribution is 7.92. The van der Waals surface area contributed by atoms with Crippen molar-refractivity contribution in [2.24, 2.45) is 5.92 Å². The summed E-state index contributed by atoms with van der Waals surface area (Å²) in [7, 11) is -8.03. The second kappa shape index (κ2) is 10.0. The third kappa shape index (κ3) is 4.69. The summed E-state index contributed by atoms with van der Waals surface area (Å²) in [6, 6.07) is 6.67. The normalized spacial score (nSPS) is 27.2. The lowest BCUT2D eigenvalue weighted by Gasteiger charge is -2.50. The van der Waals surface area contributed by atoms with E-state index in [4.69, 9.17) is 21.1 Å². The van der Waals surface area contributed by atoms with Crippen LogP contribution in [0.4, 0.5) is 8.78 Å². The van der Waals surface area contributed by atoms with Crippen LogP contribution in [0.1, 0.15) is 31.2 Å². The summed E-state index contributed by atoms with van der Waals surface area (Å²) in [4.78, 5) is 11.3. The van der Waals surface area contributed by atoms with Gasteiger partial charge in [-0.1, -0.05) is 11.6 Å². The maximum Gasteiger partial charge on any atom is 0.220 e. The van der Waals surface area contributed by atoms with Gasteiger partial charge in [-0.3, -0.25) is 4.79 Å². The minimum absolute atomic E-state index is 0.0822. The molecule has 0 spiro atoms. The van der Waals surface area contributed by atoms with Gasteiger partial charge in [0.15, 0.2) is 31.2 Å². The molecule has 4 atom stereocenters. The highest BCUT2D eigenvalue weighted by Crippen LogP contribution is 2.56. The molecule has 2 aromatic rings. The molecule has 1 amide bonds. The Morgan fingerprint density at radius 3 is 2.45 bits per heavy atom. The van der Waals surface area contributed by atoms with Crippen LogP contribution in [0, 0.1) is 17.6 Å². The van der Waals surface area contributed by atoms with Crippen LogP contribution in [-0.4, -0.2) is 59.6 Å². The summed E-state index contributed by atoms with van der Waals surface area (Å²) >= 11 is 5.96. The molecule has 2 saturated heterocycles. The molecule has 5 rings (SSSR count). The lowest BCUT2D eigenvalue weighted by Crippen LogP contribution is -2.57. The number of amides is 1. The molecule has 0 radical (unpaired) electrons. The standard InChI is InChI=1S/C25H26ClF2NO7S2/c26-15-1-4-17(5-2-15)38(33,34)25-10-11-35-21(9-12-37(31,32)14-16-3-8-22(30)29-16)18(25)13-36-24-20(28)7-6-19(27)23(24)25/h1-2,4-7,16,18,21H,3,8-14H2,(H,29,30)/t16-,18+,21+,25+/m1/s1. The van der Waals surface area contributed by atoms with Gasteiger partial charge in [0.05, 0.1) is 34.7 Å². The zero-order chi connectivity index (χ0) is 27.3. The number of benzene rings is 2. The van der Waals surface area contributed by atoms with E-state index in [1.54, 1.807) is 0 Å². The zero-order valence-electron chi connectivity index (χ0n) is 20.2. The van der Waals surface area contributed by atoms with Gasteiger partial charge in [-0.2, -0.15) is 0 Å². The number of hydrogen-bond donors (Lipinski definition) is 1. The minimum atomic E-state index is -4.39. The van der Waals surface area contributed by atoms with Crippen LogP contribution >= 0.6 is 11.6 Å². The fourth-order valence-electron chi connectivity index (χ4n) is 5.82. The number of rotatable bonds is 7. The van der Waals surface area contributed by atoms with Crippen molar-refractivity contribution >= 4 is 37.2 Å². The summed E-state index contributed by atoms with van der Waals surface area (Å²) in [6.45, 7) is -0.439. The second-order valence-electron chi connectivity index (χ2n) is 9.86. The van der Waals surface area contributed by atoms with Crippen molar-refractivity contribution in [3.05, 3.63) is 58.6 Å². The first-order chi connectivity index (χ1) is 17.9. The Morgan fingerprint density at radius 2 is 1.76 bits per heavy atom. The minimum Gasteiger partial charge on any atom is -0.490 e. The Balaban J connectivity index is 1.53. The fourth-order valence-corrected chi connectivity index (χ4v) is 9.91. The first-order valence-corrected chi connectivity index (χ1v) is 15.9. The summed E-state index contributed by atoms with van der Waals surface area (Å²) < 4.78 is 94.0. The van der Waals surface area contributed by atoms with E-state index in [9.17, 15) is 26.0 Å². The first kappa shape index (κ1) is 27.3. The summed E-state index contributed by atoms with van der Waals surface area (Å²) in [5.74, 6) is -4.11. The van der Waals surface area contributed by atoms with Crippen molar-refractivity contribution in [1.29, 1.82) is 0 Å². The van der Waals surface area contributed by atoms with Crippen molar-refractivity contribution < 1.29 is 39.9 Å². The molecule has 1 N–H and O–H groups in total. The molecule has 3 aliphatic rings. The van der Waals surface area contributed by atoms with E-state index in [1.807, 2.05) is 0 Å². The van der Waals surface area contributed by atoms with Gasteiger partial charge in [0.25, 0.3) is 0 Å². The van der Waals surface area contributed by atoms with Crippen molar-refractivity contribution in [3.8, 4) is 5.75 Å². The monoisotopic (exact) mass is 589 g/mol. The third-order valence-electron chi connectivity index (χ3n) is 7.60. The number of halogens is 3. The molecule has 8 nitrogen and oxygen atoms in total. The van der Waals surface area contributed by atoms with Crippen LogP contribution in [0.5, 0.6) is 5.75 Å². The Bertz CT molecular complexity index is 1470. The number of fused-ring (bicyclic) bond motifs is 3. The average Bonchev–Trinajstić information content (AvgIpc) is 3.28. The zero-order valence-corrected chi connectivity index (χ0v) is 22.6. The molecule has 0 unspecified atom stereocenters. The van der Waals surface area contributed by atoms with Gasteiger partial charge in [0.1, 0.15) is 10.6 Å². The van der Waals surface area contributed by atoms with Gasteiger partial charge < -0.3 is 14.8 Å². The van der Waals surface area contributed by atoms with E-state index >= 15 is 4.39 Å². The van der Waals surface area contributed by atoms with E-state index in [2.05, 4.69) is 5.32 Å². The van der Waals surface area contributed by atoms with E-state index in [0.717, 1.165) is 12.1 Å². The van der Waals surface area contributed by atoms with Crippen molar-refractivity contribution in [1.82, 2.24) is 5.32 Å². The molecule has 2 aromatic carbocycles. The summed E-state index contributed by atoms with van der Waals surface area (Å²) in [5, 5.41) is 2.93. The van der Waals surface area contributed by atoms with Gasteiger partial charge in [-0.25, -0.2) is 25.6 Å². The quantitative estimate of drug-likeness (QED) is 0.527. The highest BCUT2D eigenvalue weighted by Gasteiger charge is 2.61. The van der Waals surface area contributed by atoms with Crippen LogP contribution < -0.4 is 10.1 Å². The topological polar surface area (TPSA) is 116 Å². The molecule has 0 saturated carbocycles. The SMILES string of the molecule is O=C1CC[C@H](CS(=O)(=O)CC[C@@H]2OCC[C@@]3(S(=O)(=O)c4ccc(Cl)cc4)c4c(F)ccc(F)c4OC[C@@H]23)N1. The highest BCUT2D eigenvalue weighted by atomic mass is 35.5. The molecule has 0 aliphatic carbocycles. The Kier molecular flexibility index (Phi) is 7.21. The molecule has 2 fully saturated rings. The summed E-state index contributed by atoms with van der Waals surface area (Å²) in [6.07, 6.45) is -0.524. The molecule has 13 heteroatoms. The predicted octanol–water partition coefficient (Wildman–Crippen LogP) is 3.17. The predicted molar refractivity (Wildman–Crippen MR) is 134 cm³/mol. The van der Waals surface area contributed by atoms with Crippen molar-refractivity contribution in [2.75, 3.05) is 24.7 Å². The molecule has 38 heavy (non-hydrogen) atoms. The van der Waals surface area contributed by atoms with E-state index in [0.29, 0.717) is 11.4 Å². The molecular formula is C25H26ClF2NO7S2. The molecule has 3 heterocycles. The van der Waals surface area contributed by atoms with Gasteiger partial charge in [-0.15, -0.1) is 0 Å². The maximum atomic E-state index is 15.4. The maximum absolute atomic E-state index is 15.4. The van der Waals surface area contributed by atoms with Gasteiger partial charge in [0, 0.05) is 30.0 Å². The molecular weight excluding hydrogens is 564 g/mol. The van der Waals surface area contributed by atoms with Crippen LogP contribution in [-0.2, 0) is 34.0 Å². The van der Waals surface area contributed by atoms with Crippen molar-refractivity contribution in [3.63, 3.8) is 0 Å². The number of ether oxygens (including phenoxy) is 2. The number of sulfone groups is 2. The molecule has 206 valence electrons. The van der Waals surface area contributed by atoms with Gasteiger partial charge in [-0.05, 0) is 55.7 Å². The van der Waals surface area contributed by atoms with Crippen LogP contribution in [0.3, 0.4) is 0 Å². The third-order valence-corrected chi connectivity index (χ3v) is 12.2. The van der Waals surface area contributed by atoms with Gasteiger partial charge >= 0.3 is 0 Å². The number of hydrogen-bond acceptors (Lipinski definition) is 7. The molecule has 0 aromatic heterocycles. The van der Waals surface area contributed by atoms with Crippen LogP contribution in [0.25, 0.3) is 0 Å². The van der Waals surface area contributed by atoms with Crippen molar-refractivity contribution in [2.45, 2.75) is 47.5 Å². The average molecular weight is 590 g/mol. The largest absolute Gasteiger partial charge is 0.490 e. The van der Waals surface area contributed by atoms with Gasteiger partial charge in [0.2, 0.25) is 5.91 Å². The molecule has 3 aliphatic heterocycles. The number of nitrogens with one attached hydrogen (secondary N) is 1.